The summed E-state index contributed by atoms with van der Waals surface area (Å²) in [5.41, 5.74) is 0. The highest BCUT2D eigenvalue weighted by molar-refractivity contribution is 6.99. The van der Waals surface area contributed by atoms with Crippen LogP contribution in [0.25, 0.3) is 0 Å². The Morgan fingerprint density at radius 3 is 1.90 bits per heavy atom. The Hall–Kier alpha value is -2.38. The van der Waals surface area contributed by atoms with Gasteiger partial charge in [-0.15, -0.1) is 19.6 Å². The van der Waals surface area contributed by atoms with Gasteiger partial charge >= 0.3 is 0 Å². The number of hydrogen-bond acceptors (Lipinski definition) is 2. The Morgan fingerprint density at radius 2 is 1.52 bits per heavy atom. The molecule has 0 amide bonds. The maximum Gasteiger partial charge on any atom is 0.261 e. The summed E-state index contributed by atoms with van der Waals surface area (Å²) >= 11 is 0. The van der Waals surface area contributed by atoms with Crippen molar-refractivity contribution in [1.82, 2.24) is 0 Å². The molecule has 2 aromatic rings. The Kier molecular flexibility index (Phi) is 8.22. The van der Waals surface area contributed by atoms with E-state index in [1.807, 2.05) is 18.2 Å². The molecule has 2 atom stereocenters. The van der Waals surface area contributed by atoms with E-state index in [1.165, 1.54) is 10.4 Å². The van der Waals surface area contributed by atoms with E-state index < -0.39 is 8.32 Å². The van der Waals surface area contributed by atoms with Crippen molar-refractivity contribution in [3.63, 3.8) is 0 Å². The van der Waals surface area contributed by atoms with Crippen molar-refractivity contribution < 1.29 is 9.16 Å². The van der Waals surface area contributed by atoms with Gasteiger partial charge in [0.25, 0.3) is 8.32 Å². The van der Waals surface area contributed by atoms with Gasteiger partial charge < -0.3 is 9.16 Å². The molecule has 0 N–H and O–H groups in total. The van der Waals surface area contributed by atoms with E-state index >= 15 is 0 Å². The van der Waals surface area contributed by atoms with Crippen LogP contribution in [0.4, 0.5) is 0 Å². The van der Waals surface area contributed by atoms with Crippen LogP contribution in [0.1, 0.15) is 27.2 Å². The molecule has 0 bridgehead atoms. The monoisotopic (exact) mass is 404 g/mol. The highest BCUT2D eigenvalue weighted by Crippen LogP contribution is 2.38. The lowest BCUT2D eigenvalue weighted by molar-refractivity contribution is 0.0794. The second kappa shape index (κ2) is 10.4. The normalized spacial score (nSPS) is 13.9. The molecule has 2 aromatic carbocycles. The molecule has 0 heterocycles. The van der Waals surface area contributed by atoms with E-state index in [4.69, 9.17) is 15.6 Å². The van der Waals surface area contributed by atoms with E-state index in [2.05, 4.69) is 88.4 Å². The number of terminal acetylenes is 1. The Bertz CT molecular complexity index is 776. The maximum atomic E-state index is 7.06. The van der Waals surface area contributed by atoms with Crippen molar-refractivity contribution in [3.8, 4) is 12.3 Å². The molecule has 29 heavy (non-hydrogen) atoms. The van der Waals surface area contributed by atoms with Gasteiger partial charge in [-0.2, -0.15) is 0 Å². The molecule has 0 saturated heterocycles. The van der Waals surface area contributed by atoms with Gasteiger partial charge in [-0.1, -0.05) is 99.5 Å². The molecule has 0 unspecified atom stereocenters. The summed E-state index contributed by atoms with van der Waals surface area (Å²) in [6.07, 6.45) is 9.23. The van der Waals surface area contributed by atoms with Crippen molar-refractivity contribution in [1.29, 1.82) is 0 Å². The van der Waals surface area contributed by atoms with E-state index in [9.17, 15) is 0 Å². The number of ether oxygens (including phenoxy) is 1. The summed E-state index contributed by atoms with van der Waals surface area (Å²) in [7, 11) is -2.66. The lowest BCUT2D eigenvalue weighted by Gasteiger charge is -2.45. The molecule has 0 aromatic heterocycles. The van der Waals surface area contributed by atoms with E-state index in [0.29, 0.717) is 13.0 Å². The third-order valence-electron chi connectivity index (χ3n) is 5.06. The quantitative estimate of drug-likeness (QED) is 0.324. The van der Waals surface area contributed by atoms with Crippen LogP contribution in [-0.2, 0) is 9.16 Å². The van der Waals surface area contributed by atoms with Crippen LogP contribution in [-0.4, -0.2) is 27.1 Å². The van der Waals surface area contributed by atoms with Crippen LogP contribution in [0.2, 0.25) is 5.04 Å². The van der Waals surface area contributed by atoms with Crippen molar-refractivity contribution in [2.45, 2.75) is 44.4 Å². The standard InChI is InChI=1S/C26H32O2Si/c1-7-20-27-22(8-2)21-23(9-3)28-29(26(4,5)6,24-16-12-10-13-17-24)25-18-14-11-15-19-25/h2,7,9-19,22-23H,1,3,20-21H2,4-6H3/t22-,23-/m0/s1. The third kappa shape index (κ3) is 5.36. The van der Waals surface area contributed by atoms with Gasteiger partial charge in [0.1, 0.15) is 6.10 Å². The smallest absolute Gasteiger partial charge is 0.261 e. The number of benzene rings is 2. The molecule has 0 aliphatic carbocycles. The molecule has 2 rings (SSSR count). The zero-order chi connectivity index (χ0) is 21.3. The van der Waals surface area contributed by atoms with Crippen LogP contribution < -0.4 is 10.4 Å². The highest BCUT2D eigenvalue weighted by atomic mass is 28.4. The molecule has 0 fully saturated rings. The number of rotatable bonds is 10. The molecule has 0 aliphatic heterocycles. The van der Waals surface area contributed by atoms with E-state index in [1.54, 1.807) is 6.08 Å². The number of hydrogen-bond donors (Lipinski definition) is 0. The molecule has 0 saturated carbocycles. The summed E-state index contributed by atoms with van der Waals surface area (Å²) in [5.74, 6) is 2.72. The van der Waals surface area contributed by atoms with Crippen LogP contribution in [0.15, 0.2) is 86.0 Å². The fraction of sp³-hybridized carbons (Fsp3) is 0.308. The molecule has 3 heteroatoms. The van der Waals surface area contributed by atoms with Gasteiger partial charge in [0.05, 0.1) is 12.7 Å². The third-order valence-corrected chi connectivity index (χ3v) is 10.1. The maximum absolute atomic E-state index is 7.06. The largest absolute Gasteiger partial charge is 0.401 e. The molecular formula is C26H32O2Si. The Balaban J connectivity index is 2.53. The fourth-order valence-electron chi connectivity index (χ4n) is 3.69. The minimum Gasteiger partial charge on any atom is -0.401 e. The lowest BCUT2D eigenvalue weighted by Crippen LogP contribution is -2.67. The summed E-state index contributed by atoms with van der Waals surface area (Å²) in [5, 5.41) is 2.36. The summed E-state index contributed by atoms with van der Waals surface area (Å²) in [4.78, 5) is 0. The van der Waals surface area contributed by atoms with Crippen LogP contribution >= 0.6 is 0 Å². The second-order valence-corrected chi connectivity index (χ2v) is 12.3. The second-order valence-electron chi connectivity index (χ2n) is 8.07. The predicted octanol–water partition coefficient (Wildman–Crippen LogP) is 4.71. The Morgan fingerprint density at radius 1 is 1.00 bits per heavy atom. The first-order chi connectivity index (χ1) is 13.9. The SMILES string of the molecule is C#C[C@@H](C[C@H](C=C)O[Si](c1ccccc1)(c1ccccc1)C(C)(C)C)OCC=C. The van der Waals surface area contributed by atoms with Crippen molar-refractivity contribution >= 4 is 18.7 Å². The molecule has 0 aliphatic rings. The summed E-state index contributed by atoms with van der Waals surface area (Å²) in [6.45, 7) is 14.9. The molecule has 0 spiro atoms. The van der Waals surface area contributed by atoms with E-state index in [0.717, 1.165) is 0 Å². The average molecular weight is 405 g/mol. The summed E-state index contributed by atoms with van der Waals surface area (Å²) in [6, 6.07) is 21.1. The topological polar surface area (TPSA) is 18.5 Å². The Labute approximate surface area is 177 Å². The zero-order valence-electron chi connectivity index (χ0n) is 17.8. The van der Waals surface area contributed by atoms with Gasteiger partial charge in [-0.25, -0.2) is 0 Å². The highest BCUT2D eigenvalue weighted by Gasteiger charge is 2.51. The van der Waals surface area contributed by atoms with Crippen LogP contribution in [0, 0.1) is 12.3 Å². The van der Waals surface area contributed by atoms with Crippen LogP contribution in [0.3, 0.4) is 0 Å². The van der Waals surface area contributed by atoms with Gasteiger partial charge in [0.15, 0.2) is 0 Å². The van der Waals surface area contributed by atoms with Crippen molar-refractivity contribution in [3.05, 3.63) is 86.0 Å². The summed E-state index contributed by atoms with van der Waals surface area (Å²) < 4.78 is 12.8. The van der Waals surface area contributed by atoms with Crippen molar-refractivity contribution in [2.75, 3.05) is 6.61 Å². The van der Waals surface area contributed by atoms with Gasteiger partial charge in [-0.3, -0.25) is 0 Å². The fourth-order valence-corrected chi connectivity index (χ4v) is 8.35. The van der Waals surface area contributed by atoms with E-state index in [-0.39, 0.29) is 17.2 Å². The van der Waals surface area contributed by atoms with Gasteiger partial charge in [0.2, 0.25) is 0 Å². The zero-order valence-corrected chi connectivity index (χ0v) is 18.8. The minimum atomic E-state index is -2.66. The van der Waals surface area contributed by atoms with Crippen molar-refractivity contribution in [2.24, 2.45) is 0 Å². The lowest BCUT2D eigenvalue weighted by atomic mass is 10.1. The molecule has 152 valence electrons. The van der Waals surface area contributed by atoms with Crippen LogP contribution in [0.5, 0.6) is 0 Å². The van der Waals surface area contributed by atoms with Gasteiger partial charge in [-0.05, 0) is 15.4 Å². The first-order valence-corrected chi connectivity index (χ1v) is 11.9. The molecule has 0 radical (unpaired) electrons. The first kappa shape index (κ1) is 22.9. The minimum absolute atomic E-state index is 0.107. The first-order valence-electron chi connectivity index (χ1n) is 9.99. The molecular weight excluding hydrogens is 372 g/mol. The average Bonchev–Trinajstić information content (AvgIpc) is 2.74. The van der Waals surface area contributed by atoms with Gasteiger partial charge in [0, 0.05) is 6.42 Å². The molecule has 2 nitrogen and oxygen atoms in total. The predicted molar refractivity (Wildman–Crippen MR) is 126 cm³/mol.